The fourth-order valence-electron chi connectivity index (χ4n) is 10.1. The van der Waals surface area contributed by atoms with Gasteiger partial charge in [-0.05, 0) is 90.8 Å². The lowest BCUT2D eigenvalue weighted by atomic mass is 9.70. The van der Waals surface area contributed by atoms with Crippen molar-refractivity contribution < 1.29 is 0 Å². The summed E-state index contributed by atoms with van der Waals surface area (Å²) < 4.78 is 4.53. The normalized spacial score (nSPS) is 19.4. The molecule has 2 atom stereocenters. The monoisotopic (exact) mass is 710 g/mol. The standard InChI is InChI=1S/C49H38N6/c1-49(28-31-19-20-32(25-31)29-49)47-51-46(52-48(53-47)55-42-17-9-5-13-36(42)37-14-6-10-18-43(37)55)40-26-33(30-50)21-23-45(40)54-41-16-8-7-15-38(41)39-27-35(22-24-44(39)54)34-11-3-2-4-12-34/h2-18,21-24,26-27,31-32H,19-20,25,28-29H2,1H3/t31-,32-/m0/s1. The third kappa shape index (κ3) is 5.03. The lowest BCUT2D eigenvalue weighted by Gasteiger charge is -2.36. The first kappa shape index (κ1) is 31.9. The minimum Gasteiger partial charge on any atom is -0.308 e. The van der Waals surface area contributed by atoms with Crippen LogP contribution in [0, 0.1) is 23.2 Å². The number of benzene rings is 6. The van der Waals surface area contributed by atoms with Crippen molar-refractivity contribution in [1.29, 1.82) is 5.26 Å². The lowest BCUT2D eigenvalue weighted by molar-refractivity contribution is 0.221. The molecule has 2 aliphatic carbocycles. The number of rotatable bonds is 5. The molecule has 6 nitrogen and oxygen atoms in total. The number of nitriles is 1. The highest BCUT2D eigenvalue weighted by atomic mass is 15.2. The van der Waals surface area contributed by atoms with Crippen molar-refractivity contribution >= 4 is 43.6 Å². The average molecular weight is 711 g/mol. The highest BCUT2D eigenvalue weighted by molar-refractivity contribution is 6.11. The van der Waals surface area contributed by atoms with Gasteiger partial charge in [0.05, 0.1) is 39.4 Å². The third-order valence-electron chi connectivity index (χ3n) is 12.5. The predicted octanol–water partition coefficient (Wildman–Crippen LogP) is 11.7. The molecule has 0 aliphatic heterocycles. The van der Waals surface area contributed by atoms with Gasteiger partial charge in [0.25, 0.3) is 0 Å². The van der Waals surface area contributed by atoms with Crippen molar-refractivity contribution in [2.45, 2.75) is 44.4 Å². The van der Waals surface area contributed by atoms with E-state index in [1.54, 1.807) is 0 Å². The fourth-order valence-corrected chi connectivity index (χ4v) is 10.1. The van der Waals surface area contributed by atoms with Crippen LogP contribution in [0.4, 0.5) is 0 Å². The van der Waals surface area contributed by atoms with Gasteiger partial charge < -0.3 is 4.57 Å². The maximum Gasteiger partial charge on any atom is 0.238 e. The quantitative estimate of drug-likeness (QED) is 0.178. The second kappa shape index (κ2) is 12.2. The van der Waals surface area contributed by atoms with Crippen LogP contribution in [0.2, 0.25) is 0 Å². The summed E-state index contributed by atoms with van der Waals surface area (Å²) in [6.07, 6.45) is 6.02. The van der Waals surface area contributed by atoms with Crippen LogP contribution in [0.5, 0.6) is 0 Å². The summed E-state index contributed by atoms with van der Waals surface area (Å²) in [4.78, 5) is 16.3. The molecule has 2 saturated carbocycles. The van der Waals surface area contributed by atoms with Gasteiger partial charge in [-0.15, -0.1) is 0 Å². The Morgan fingerprint density at radius 2 is 1.18 bits per heavy atom. The zero-order valence-corrected chi connectivity index (χ0v) is 30.7. The maximum atomic E-state index is 10.3. The zero-order valence-electron chi connectivity index (χ0n) is 30.7. The van der Waals surface area contributed by atoms with Crippen molar-refractivity contribution in [3.8, 4) is 40.2 Å². The summed E-state index contributed by atoms with van der Waals surface area (Å²) in [7, 11) is 0. The van der Waals surface area contributed by atoms with Gasteiger partial charge in [-0.2, -0.15) is 15.2 Å². The summed E-state index contributed by atoms with van der Waals surface area (Å²) in [6, 6.07) is 51.2. The second-order valence-electron chi connectivity index (χ2n) is 16.0. The Morgan fingerprint density at radius 1 is 0.582 bits per heavy atom. The van der Waals surface area contributed by atoms with Crippen LogP contribution in [0.3, 0.4) is 0 Å². The van der Waals surface area contributed by atoms with Gasteiger partial charge in [-0.3, -0.25) is 4.57 Å². The fraction of sp³-hybridized carbons (Fsp3) is 0.184. The molecule has 0 spiro atoms. The van der Waals surface area contributed by atoms with Crippen molar-refractivity contribution in [1.82, 2.24) is 24.1 Å². The van der Waals surface area contributed by atoms with Crippen LogP contribution in [-0.2, 0) is 5.41 Å². The number of nitrogens with zero attached hydrogens (tertiary/aromatic N) is 6. The second-order valence-corrected chi connectivity index (χ2v) is 16.0. The largest absolute Gasteiger partial charge is 0.308 e. The number of para-hydroxylation sites is 3. The predicted molar refractivity (Wildman–Crippen MR) is 222 cm³/mol. The van der Waals surface area contributed by atoms with Gasteiger partial charge in [-0.1, -0.05) is 111 Å². The Kier molecular flexibility index (Phi) is 7.09. The Balaban J connectivity index is 1.19. The summed E-state index contributed by atoms with van der Waals surface area (Å²) >= 11 is 0. The first-order valence-electron chi connectivity index (χ1n) is 19.4. The van der Waals surface area contributed by atoms with Crippen LogP contribution >= 0.6 is 0 Å². The Hall–Kier alpha value is -6.58. The minimum absolute atomic E-state index is 0.191. The van der Waals surface area contributed by atoms with E-state index >= 15 is 0 Å². The molecular weight excluding hydrogens is 673 g/mol. The first-order chi connectivity index (χ1) is 27.0. The van der Waals surface area contributed by atoms with Crippen molar-refractivity contribution in [2.24, 2.45) is 11.8 Å². The molecule has 264 valence electrons. The molecule has 0 saturated heterocycles. The molecule has 6 aromatic carbocycles. The maximum absolute atomic E-state index is 10.3. The van der Waals surface area contributed by atoms with Crippen molar-refractivity contribution in [3.05, 3.63) is 151 Å². The van der Waals surface area contributed by atoms with Gasteiger partial charge in [-0.25, -0.2) is 4.98 Å². The van der Waals surface area contributed by atoms with E-state index in [0.717, 1.165) is 68.1 Å². The van der Waals surface area contributed by atoms with E-state index in [2.05, 4.69) is 150 Å². The zero-order chi connectivity index (χ0) is 36.7. The number of hydrogen-bond donors (Lipinski definition) is 0. The number of fused-ring (bicyclic) bond motifs is 8. The molecule has 0 amide bonds. The third-order valence-corrected chi connectivity index (χ3v) is 12.5. The smallest absolute Gasteiger partial charge is 0.238 e. The molecule has 0 radical (unpaired) electrons. The number of aromatic nitrogens is 5. The molecule has 0 N–H and O–H groups in total. The molecule has 3 heterocycles. The molecular formula is C49H38N6. The van der Waals surface area contributed by atoms with Gasteiger partial charge in [0, 0.05) is 32.5 Å². The molecule has 0 unspecified atom stereocenters. The van der Waals surface area contributed by atoms with Crippen molar-refractivity contribution in [2.75, 3.05) is 0 Å². The van der Waals surface area contributed by atoms with Crippen molar-refractivity contribution in [3.63, 3.8) is 0 Å². The Bertz CT molecular complexity index is 2950. The van der Waals surface area contributed by atoms with E-state index in [1.807, 2.05) is 12.1 Å². The Morgan fingerprint density at radius 3 is 1.85 bits per heavy atom. The van der Waals surface area contributed by atoms with Crippen LogP contribution in [0.25, 0.3) is 77.8 Å². The average Bonchev–Trinajstić information content (AvgIpc) is 3.88. The van der Waals surface area contributed by atoms with Crippen LogP contribution in [-0.4, -0.2) is 24.1 Å². The SMILES string of the molecule is CC1(c2nc(-c3cc(C#N)ccc3-n3c4ccccc4c4cc(-c5ccccc5)ccc43)nc(-n3c4ccccc4c4ccccc43)n2)C[C@H]2CC[C@@H](C2)C1. The molecule has 2 fully saturated rings. The highest BCUT2D eigenvalue weighted by Gasteiger charge is 2.44. The van der Waals surface area contributed by atoms with E-state index in [0.29, 0.717) is 29.2 Å². The molecule has 3 aromatic heterocycles. The molecule has 2 bridgehead atoms. The lowest BCUT2D eigenvalue weighted by Crippen LogP contribution is -2.33. The molecule has 2 aliphatic rings. The molecule has 11 rings (SSSR count). The molecule has 55 heavy (non-hydrogen) atoms. The van der Waals surface area contributed by atoms with E-state index in [-0.39, 0.29) is 5.41 Å². The van der Waals surface area contributed by atoms with Gasteiger partial charge in [0.1, 0.15) is 5.82 Å². The topological polar surface area (TPSA) is 72.3 Å². The van der Waals surface area contributed by atoms with E-state index in [9.17, 15) is 5.26 Å². The summed E-state index contributed by atoms with van der Waals surface area (Å²) in [6.45, 7) is 2.37. The van der Waals surface area contributed by atoms with E-state index in [1.165, 1.54) is 35.8 Å². The number of hydrogen-bond acceptors (Lipinski definition) is 4. The Labute approximate surface area is 319 Å². The summed E-state index contributed by atoms with van der Waals surface area (Å²) in [5.74, 6) is 3.42. The van der Waals surface area contributed by atoms with E-state index in [4.69, 9.17) is 15.0 Å². The summed E-state index contributed by atoms with van der Waals surface area (Å²) in [5.41, 5.74) is 8.74. The minimum atomic E-state index is -0.191. The first-order valence-corrected chi connectivity index (χ1v) is 19.4. The molecule has 6 heteroatoms. The summed E-state index contributed by atoms with van der Waals surface area (Å²) in [5, 5.41) is 15.0. The van der Waals surface area contributed by atoms with Crippen LogP contribution in [0.1, 0.15) is 50.4 Å². The van der Waals surface area contributed by atoms with E-state index < -0.39 is 0 Å². The highest BCUT2D eigenvalue weighted by Crippen LogP contribution is 2.51. The van der Waals surface area contributed by atoms with Gasteiger partial charge in [0.15, 0.2) is 5.82 Å². The van der Waals surface area contributed by atoms with Crippen LogP contribution in [0.15, 0.2) is 140 Å². The van der Waals surface area contributed by atoms with Gasteiger partial charge >= 0.3 is 0 Å². The van der Waals surface area contributed by atoms with Gasteiger partial charge in [0.2, 0.25) is 5.95 Å². The molecule has 9 aromatic rings. The van der Waals surface area contributed by atoms with Crippen LogP contribution < -0.4 is 0 Å².